The summed E-state index contributed by atoms with van der Waals surface area (Å²) in [6.45, 7) is 0. The Morgan fingerprint density at radius 3 is 2.45 bits per heavy atom. The molecule has 102 valence electrons. The normalized spacial score (nSPS) is 11.2. The Kier molecular flexibility index (Phi) is 4.13. The molecule has 0 N–H and O–H groups in total. The molecule has 20 heavy (non-hydrogen) atoms. The quantitative estimate of drug-likeness (QED) is 0.373. The van der Waals surface area contributed by atoms with E-state index in [2.05, 4.69) is 27.6 Å². The monoisotopic (exact) mass is 436 g/mol. The number of benzene rings is 2. The lowest BCUT2D eigenvalue weighted by Crippen LogP contribution is -2.01. The summed E-state index contributed by atoms with van der Waals surface area (Å²) in [5.41, 5.74) is 2.54. The van der Waals surface area contributed by atoms with Gasteiger partial charge in [-0.25, -0.2) is 4.98 Å². The number of aromatic nitrogens is 2. The Morgan fingerprint density at radius 1 is 1.10 bits per heavy atom. The fraction of sp³-hybridized carbons (Fsp3) is 0.0714. The minimum Gasteiger partial charge on any atom is -0.292 e. The molecule has 2 nitrogen and oxygen atoms in total. The lowest BCUT2D eigenvalue weighted by atomic mass is 10.2. The molecule has 0 unspecified atom stereocenters. The van der Waals surface area contributed by atoms with Crippen LogP contribution < -0.4 is 0 Å². The van der Waals surface area contributed by atoms with Gasteiger partial charge in [-0.05, 0) is 52.9 Å². The third-order valence-corrected chi connectivity index (χ3v) is 4.49. The smallest absolute Gasteiger partial charge is 0.129 e. The van der Waals surface area contributed by atoms with E-state index in [0.29, 0.717) is 10.0 Å². The van der Waals surface area contributed by atoms with E-state index in [9.17, 15) is 0 Å². The number of para-hydroxylation sites is 1. The van der Waals surface area contributed by atoms with Crippen LogP contribution in [0.1, 0.15) is 5.82 Å². The van der Waals surface area contributed by atoms with Crippen molar-refractivity contribution in [3.8, 4) is 5.69 Å². The van der Waals surface area contributed by atoms with E-state index in [1.807, 2.05) is 28.8 Å². The third kappa shape index (κ3) is 2.41. The number of nitrogens with zero attached hydrogens (tertiary/aromatic N) is 2. The summed E-state index contributed by atoms with van der Waals surface area (Å²) in [4.78, 5) is 4.56. The van der Waals surface area contributed by atoms with Crippen LogP contribution in [-0.2, 0) is 5.88 Å². The topological polar surface area (TPSA) is 17.8 Å². The minimum absolute atomic E-state index is 0.285. The van der Waals surface area contributed by atoms with Gasteiger partial charge in [0.15, 0.2) is 0 Å². The van der Waals surface area contributed by atoms with Crippen LogP contribution >= 0.6 is 57.4 Å². The van der Waals surface area contributed by atoms with Gasteiger partial charge in [-0.2, -0.15) is 0 Å². The molecule has 3 rings (SSSR count). The molecule has 0 radical (unpaired) electrons. The number of fused-ring (bicyclic) bond motifs is 1. The molecule has 0 spiro atoms. The molecule has 0 aliphatic heterocycles. The molecule has 0 atom stereocenters. The van der Waals surface area contributed by atoms with Gasteiger partial charge in [0.2, 0.25) is 0 Å². The summed E-state index contributed by atoms with van der Waals surface area (Å²) < 4.78 is 3.04. The third-order valence-electron chi connectivity index (χ3n) is 2.97. The van der Waals surface area contributed by atoms with E-state index >= 15 is 0 Å². The summed E-state index contributed by atoms with van der Waals surface area (Å²) in [6, 6.07) is 11.5. The van der Waals surface area contributed by atoms with Crippen molar-refractivity contribution in [3.63, 3.8) is 0 Å². The Balaban J connectivity index is 2.40. The Morgan fingerprint density at radius 2 is 1.80 bits per heavy atom. The van der Waals surface area contributed by atoms with Crippen LogP contribution in [0.4, 0.5) is 0 Å². The molecule has 3 aromatic rings. The van der Waals surface area contributed by atoms with E-state index in [0.717, 1.165) is 26.1 Å². The summed E-state index contributed by atoms with van der Waals surface area (Å²) >= 11 is 20.9. The number of hydrogen-bond acceptors (Lipinski definition) is 1. The first kappa shape index (κ1) is 14.4. The van der Waals surface area contributed by atoms with Gasteiger partial charge in [0.05, 0.1) is 32.6 Å². The van der Waals surface area contributed by atoms with Crippen LogP contribution in [0.25, 0.3) is 16.7 Å². The first-order valence-electron chi connectivity index (χ1n) is 5.79. The Hall–Kier alpha value is -0.490. The number of hydrogen-bond donors (Lipinski definition) is 0. The van der Waals surface area contributed by atoms with Gasteiger partial charge in [-0.15, -0.1) is 11.6 Å². The highest BCUT2D eigenvalue weighted by molar-refractivity contribution is 14.1. The second-order valence-electron chi connectivity index (χ2n) is 4.20. The number of alkyl halides is 1. The molecule has 0 aliphatic carbocycles. The van der Waals surface area contributed by atoms with Gasteiger partial charge < -0.3 is 0 Å². The predicted molar refractivity (Wildman–Crippen MR) is 93.4 cm³/mol. The van der Waals surface area contributed by atoms with Crippen molar-refractivity contribution in [1.29, 1.82) is 0 Å². The van der Waals surface area contributed by atoms with Crippen LogP contribution in [0.2, 0.25) is 10.0 Å². The lowest BCUT2D eigenvalue weighted by molar-refractivity contribution is 0.982. The zero-order valence-electron chi connectivity index (χ0n) is 10.1. The second kappa shape index (κ2) is 5.72. The van der Waals surface area contributed by atoms with Crippen LogP contribution in [0.5, 0.6) is 0 Å². The van der Waals surface area contributed by atoms with E-state index in [1.165, 1.54) is 0 Å². The van der Waals surface area contributed by atoms with Gasteiger partial charge in [0.25, 0.3) is 0 Å². The molecule has 0 aliphatic rings. The summed E-state index contributed by atoms with van der Waals surface area (Å²) in [7, 11) is 0. The number of imidazole rings is 1. The van der Waals surface area contributed by atoms with Gasteiger partial charge in [0.1, 0.15) is 5.82 Å². The van der Waals surface area contributed by atoms with Crippen molar-refractivity contribution >= 4 is 68.4 Å². The molecule has 0 amide bonds. The van der Waals surface area contributed by atoms with Crippen molar-refractivity contribution in [1.82, 2.24) is 9.55 Å². The molecule has 1 heterocycles. The molecule has 6 heteroatoms. The van der Waals surface area contributed by atoms with Crippen molar-refractivity contribution in [2.45, 2.75) is 5.88 Å². The summed E-state index contributed by atoms with van der Waals surface area (Å²) in [6.07, 6.45) is 0. The summed E-state index contributed by atoms with van der Waals surface area (Å²) in [5.74, 6) is 1.01. The first-order valence-corrected chi connectivity index (χ1v) is 8.16. The van der Waals surface area contributed by atoms with Crippen LogP contribution in [0, 0.1) is 3.57 Å². The van der Waals surface area contributed by atoms with Crippen LogP contribution in [-0.4, -0.2) is 9.55 Å². The van der Waals surface area contributed by atoms with Gasteiger partial charge in [-0.3, -0.25) is 4.57 Å². The average Bonchev–Trinajstić information content (AvgIpc) is 2.76. The molecule has 0 bridgehead atoms. The maximum atomic E-state index is 6.30. The first-order chi connectivity index (χ1) is 9.61. The SMILES string of the molecule is ClCc1nc2cc(I)ccc2n1-c1c(Cl)cccc1Cl. The molecular formula is C14H8Cl3IN2. The van der Waals surface area contributed by atoms with Crippen molar-refractivity contribution in [2.24, 2.45) is 0 Å². The molecular weight excluding hydrogens is 429 g/mol. The second-order valence-corrected chi connectivity index (χ2v) is 6.53. The van der Waals surface area contributed by atoms with Crippen LogP contribution in [0.15, 0.2) is 36.4 Å². The maximum absolute atomic E-state index is 6.30. The minimum atomic E-state index is 0.285. The predicted octanol–water partition coefficient (Wildman–Crippen LogP) is 5.68. The van der Waals surface area contributed by atoms with Crippen molar-refractivity contribution < 1.29 is 0 Å². The van der Waals surface area contributed by atoms with Gasteiger partial charge in [-0.1, -0.05) is 29.3 Å². The average molecular weight is 437 g/mol. The van der Waals surface area contributed by atoms with E-state index in [-0.39, 0.29) is 5.88 Å². The Bertz CT molecular complexity index is 778. The fourth-order valence-electron chi connectivity index (χ4n) is 2.15. The van der Waals surface area contributed by atoms with Crippen LogP contribution in [0.3, 0.4) is 0 Å². The molecule has 0 fully saturated rings. The highest BCUT2D eigenvalue weighted by Gasteiger charge is 2.16. The molecule has 1 aromatic heterocycles. The highest BCUT2D eigenvalue weighted by atomic mass is 127. The van der Waals surface area contributed by atoms with E-state index in [1.54, 1.807) is 12.1 Å². The highest BCUT2D eigenvalue weighted by Crippen LogP contribution is 2.33. The standard InChI is InChI=1S/C14H8Cl3IN2/c15-7-13-19-11-6-8(18)4-5-12(11)20(13)14-9(16)2-1-3-10(14)17/h1-6H,7H2. The molecule has 0 saturated carbocycles. The number of rotatable bonds is 2. The van der Waals surface area contributed by atoms with E-state index < -0.39 is 0 Å². The van der Waals surface area contributed by atoms with Crippen molar-refractivity contribution in [2.75, 3.05) is 0 Å². The van der Waals surface area contributed by atoms with E-state index in [4.69, 9.17) is 34.8 Å². The largest absolute Gasteiger partial charge is 0.292 e. The molecule has 0 saturated heterocycles. The van der Waals surface area contributed by atoms with Crippen molar-refractivity contribution in [3.05, 3.63) is 55.8 Å². The Labute approximate surface area is 144 Å². The summed E-state index contributed by atoms with van der Waals surface area (Å²) in [5, 5.41) is 1.14. The fourth-order valence-corrected chi connectivity index (χ4v) is 3.37. The molecule has 2 aromatic carbocycles. The number of halogens is 4. The van der Waals surface area contributed by atoms with Gasteiger partial charge >= 0.3 is 0 Å². The zero-order valence-corrected chi connectivity index (χ0v) is 14.5. The maximum Gasteiger partial charge on any atom is 0.129 e. The van der Waals surface area contributed by atoms with Gasteiger partial charge in [0, 0.05) is 3.57 Å². The zero-order chi connectivity index (χ0) is 14.3. The lowest BCUT2D eigenvalue weighted by Gasteiger charge is -2.11.